The maximum Gasteiger partial charge on any atom is 0.179 e. The van der Waals surface area contributed by atoms with Gasteiger partial charge in [-0.3, -0.25) is 0 Å². The first kappa shape index (κ1) is 26.5. The second-order valence-corrected chi connectivity index (χ2v) is 13.7. The van der Waals surface area contributed by atoms with Crippen LogP contribution in [-0.2, 0) is 0 Å². The summed E-state index contributed by atoms with van der Waals surface area (Å²) >= 11 is 0. The van der Waals surface area contributed by atoms with Gasteiger partial charge in [-0.05, 0) is 91.5 Å². The van der Waals surface area contributed by atoms with Crippen molar-refractivity contribution in [1.82, 2.24) is 0 Å². The van der Waals surface area contributed by atoms with Crippen molar-refractivity contribution in [2.45, 2.75) is 0 Å². The summed E-state index contributed by atoms with van der Waals surface area (Å²) in [6.45, 7) is 0. The van der Waals surface area contributed by atoms with Crippen LogP contribution >= 0.6 is 0 Å². The molecule has 0 spiro atoms. The highest BCUT2D eigenvalue weighted by molar-refractivity contribution is 7.19. The van der Waals surface area contributed by atoms with E-state index in [-0.39, 0.29) is 23.3 Å². The molecule has 6 rings (SSSR count). The van der Waals surface area contributed by atoms with Crippen molar-refractivity contribution in [2.24, 2.45) is 0 Å². The molecule has 200 valence electrons. The van der Waals surface area contributed by atoms with Crippen LogP contribution < -0.4 is 20.7 Å². The number of rotatable bonds is 6. The standard InChI is InChI=1S/C36H24F4Si/c37-29-9-1-25(2-10-29)27-5-17-33(18-6-27)41(35-21-13-31(39)14-22-35,36-23-15-32(40)16-24-36)34-19-7-28(8-20-34)26-3-11-30(38)12-4-26/h1-24H. The quantitative estimate of drug-likeness (QED) is 0.117. The Morgan fingerprint density at radius 2 is 0.415 bits per heavy atom. The molecule has 0 aromatic heterocycles. The van der Waals surface area contributed by atoms with E-state index < -0.39 is 8.07 Å². The molecule has 0 aliphatic carbocycles. The summed E-state index contributed by atoms with van der Waals surface area (Å²) in [4.78, 5) is 0. The smallest absolute Gasteiger partial charge is 0.179 e. The molecular weight excluding hydrogens is 536 g/mol. The van der Waals surface area contributed by atoms with E-state index in [1.54, 1.807) is 24.3 Å². The average Bonchev–Trinajstić information content (AvgIpc) is 3.01. The zero-order valence-corrected chi connectivity index (χ0v) is 22.9. The normalized spacial score (nSPS) is 11.4. The molecule has 0 aliphatic rings. The van der Waals surface area contributed by atoms with Gasteiger partial charge in [0, 0.05) is 0 Å². The first-order valence-electron chi connectivity index (χ1n) is 13.2. The van der Waals surface area contributed by atoms with Gasteiger partial charge in [-0.2, -0.15) is 0 Å². The summed E-state index contributed by atoms with van der Waals surface area (Å²) in [6, 6.07) is 42.0. The first-order chi connectivity index (χ1) is 19.9. The van der Waals surface area contributed by atoms with Crippen molar-refractivity contribution in [2.75, 3.05) is 0 Å². The van der Waals surface area contributed by atoms with Crippen LogP contribution in [0.1, 0.15) is 0 Å². The Morgan fingerprint density at radius 1 is 0.244 bits per heavy atom. The third-order valence-electron chi connectivity index (χ3n) is 7.55. The fourth-order valence-corrected chi connectivity index (χ4v) is 10.2. The third-order valence-corrected chi connectivity index (χ3v) is 12.3. The minimum absolute atomic E-state index is 0.298. The predicted molar refractivity (Wildman–Crippen MR) is 161 cm³/mol. The number of benzene rings is 6. The van der Waals surface area contributed by atoms with E-state index in [1.807, 2.05) is 48.5 Å². The molecule has 0 saturated carbocycles. The summed E-state index contributed by atoms with van der Waals surface area (Å²) in [5.41, 5.74) is 3.64. The molecule has 6 aromatic carbocycles. The van der Waals surface area contributed by atoms with Crippen LogP contribution in [0.3, 0.4) is 0 Å². The molecule has 0 fully saturated rings. The van der Waals surface area contributed by atoms with Crippen molar-refractivity contribution < 1.29 is 17.6 Å². The van der Waals surface area contributed by atoms with E-state index in [9.17, 15) is 17.6 Å². The lowest BCUT2D eigenvalue weighted by Gasteiger charge is -2.34. The fourth-order valence-electron chi connectivity index (χ4n) is 5.51. The highest BCUT2D eigenvalue weighted by Gasteiger charge is 2.41. The summed E-state index contributed by atoms with van der Waals surface area (Å²) < 4.78 is 55.4. The molecule has 0 amide bonds. The van der Waals surface area contributed by atoms with Crippen molar-refractivity contribution in [3.05, 3.63) is 169 Å². The van der Waals surface area contributed by atoms with Gasteiger partial charge in [-0.15, -0.1) is 0 Å². The van der Waals surface area contributed by atoms with Crippen LogP contribution in [0.25, 0.3) is 22.3 Å². The van der Waals surface area contributed by atoms with Crippen LogP contribution in [0.5, 0.6) is 0 Å². The molecule has 0 saturated heterocycles. The second kappa shape index (κ2) is 11.0. The molecule has 6 aromatic rings. The number of hydrogen-bond acceptors (Lipinski definition) is 0. The van der Waals surface area contributed by atoms with Crippen molar-refractivity contribution in [3.63, 3.8) is 0 Å². The van der Waals surface area contributed by atoms with Gasteiger partial charge in [0.2, 0.25) is 0 Å². The van der Waals surface area contributed by atoms with Crippen LogP contribution in [-0.4, -0.2) is 8.07 Å². The first-order valence-corrected chi connectivity index (χ1v) is 15.2. The van der Waals surface area contributed by atoms with Crippen molar-refractivity contribution >= 4 is 28.8 Å². The van der Waals surface area contributed by atoms with E-state index in [0.717, 1.165) is 43.0 Å². The van der Waals surface area contributed by atoms with Crippen molar-refractivity contribution in [3.8, 4) is 22.3 Å². The molecule has 0 radical (unpaired) electrons. The topological polar surface area (TPSA) is 0 Å². The van der Waals surface area contributed by atoms with Crippen LogP contribution in [0.15, 0.2) is 146 Å². The highest BCUT2D eigenvalue weighted by atomic mass is 28.3. The second-order valence-electron chi connectivity index (χ2n) is 9.93. The Hall–Kier alpha value is -4.74. The third kappa shape index (κ3) is 5.12. The Labute approximate surface area is 237 Å². The van der Waals surface area contributed by atoms with Gasteiger partial charge < -0.3 is 0 Å². The van der Waals surface area contributed by atoms with Gasteiger partial charge in [-0.25, -0.2) is 17.6 Å². The summed E-state index contributed by atoms with van der Waals surface area (Å²) in [5, 5.41) is 3.93. The SMILES string of the molecule is Fc1ccc(-c2ccc([Si](c3ccc(F)cc3)(c3ccc(F)cc3)c3ccc(-c4ccc(F)cc4)cc3)cc2)cc1. The summed E-state index contributed by atoms with van der Waals surface area (Å²) in [6.07, 6.45) is 0. The number of halogens is 4. The Balaban J connectivity index is 1.57. The van der Waals surface area contributed by atoms with E-state index in [4.69, 9.17) is 0 Å². The van der Waals surface area contributed by atoms with Crippen molar-refractivity contribution in [1.29, 1.82) is 0 Å². The molecule has 0 atom stereocenters. The van der Waals surface area contributed by atoms with Gasteiger partial charge in [0.1, 0.15) is 23.3 Å². The van der Waals surface area contributed by atoms with Crippen LogP contribution in [0, 0.1) is 23.3 Å². The zero-order valence-electron chi connectivity index (χ0n) is 21.9. The van der Waals surface area contributed by atoms with Crippen LogP contribution in [0.2, 0.25) is 0 Å². The molecular formula is C36H24F4Si. The lowest BCUT2D eigenvalue weighted by molar-refractivity contribution is 0.627. The van der Waals surface area contributed by atoms with Crippen LogP contribution in [0.4, 0.5) is 17.6 Å². The highest BCUT2D eigenvalue weighted by Crippen LogP contribution is 2.22. The van der Waals surface area contributed by atoms with E-state index in [0.29, 0.717) is 0 Å². The van der Waals surface area contributed by atoms with E-state index in [2.05, 4.69) is 24.3 Å². The maximum absolute atomic E-state index is 14.2. The molecule has 0 bridgehead atoms. The largest absolute Gasteiger partial charge is 0.207 e. The average molecular weight is 561 g/mol. The van der Waals surface area contributed by atoms with Gasteiger partial charge in [-0.1, -0.05) is 97.1 Å². The molecule has 0 unspecified atom stereocenters. The lowest BCUT2D eigenvalue weighted by atomic mass is 10.1. The zero-order chi connectivity index (χ0) is 28.4. The Kier molecular flexibility index (Phi) is 7.12. The van der Waals surface area contributed by atoms with Gasteiger partial charge in [0.25, 0.3) is 0 Å². The monoisotopic (exact) mass is 560 g/mol. The molecule has 0 heterocycles. The molecule has 0 aliphatic heterocycles. The Morgan fingerprint density at radius 3 is 0.659 bits per heavy atom. The fraction of sp³-hybridized carbons (Fsp3) is 0. The summed E-state index contributed by atoms with van der Waals surface area (Å²) in [5.74, 6) is -1.27. The number of hydrogen-bond donors (Lipinski definition) is 0. The molecule has 0 N–H and O–H groups in total. The minimum Gasteiger partial charge on any atom is -0.207 e. The molecule has 0 nitrogen and oxygen atoms in total. The lowest BCUT2D eigenvalue weighted by Crippen LogP contribution is -2.74. The predicted octanol–water partition coefficient (Wildman–Crippen LogP) is 6.95. The van der Waals surface area contributed by atoms with Gasteiger partial charge in [0.15, 0.2) is 8.07 Å². The van der Waals surface area contributed by atoms with E-state index in [1.165, 1.54) is 48.5 Å². The van der Waals surface area contributed by atoms with Gasteiger partial charge >= 0.3 is 0 Å². The van der Waals surface area contributed by atoms with E-state index >= 15 is 0 Å². The molecule has 5 heteroatoms. The molecule has 41 heavy (non-hydrogen) atoms. The Bertz CT molecular complexity index is 1620. The maximum atomic E-state index is 14.2. The minimum atomic E-state index is -3.06. The van der Waals surface area contributed by atoms with Gasteiger partial charge in [0.05, 0.1) is 0 Å². The summed E-state index contributed by atoms with van der Waals surface area (Å²) in [7, 11) is -3.06.